The average molecular weight is 519 g/mol. The van der Waals surface area contributed by atoms with Crippen LogP contribution in [0.1, 0.15) is 118 Å². The lowest BCUT2D eigenvalue weighted by atomic mass is 9.86. The zero-order valence-corrected chi connectivity index (χ0v) is 24.4. The molecule has 37 heavy (non-hydrogen) atoms. The van der Waals surface area contributed by atoms with Gasteiger partial charge in [-0.1, -0.05) is 51.0 Å². The number of hydrogen-bond donors (Lipinski definition) is 2. The smallest absolute Gasteiger partial charge is 0.435 e. The molecule has 0 heterocycles. The number of rotatable bonds is 12. The quantitative estimate of drug-likeness (QED) is 0.169. The first-order chi connectivity index (χ1) is 17.1. The number of nitrogens with one attached hydrogen (secondary N) is 1. The van der Waals surface area contributed by atoms with E-state index in [0.717, 1.165) is 57.8 Å². The second kappa shape index (κ2) is 15.1. The predicted molar refractivity (Wildman–Crippen MR) is 150 cm³/mol. The van der Waals surface area contributed by atoms with Gasteiger partial charge in [-0.2, -0.15) is 4.99 Å². The van der Waals surface area contributed by atoms with Crippen LogP contribution in [0.4, 0.5) is 9.59 Å². The van der Waals surface area contributed by atoms with E-state index in [2.05, 4.69) is 48.4 Å². The summed E-state index contributed by atoms with van der Waals surface area (Å²) < 4.78 is 10.6. The van der Waals surface area contributed by atoms with E-state index in [1.165, 1.54) is 11.1 Å². The Balaban J connectivity index is 2.72. The van der Waals surface area contributed by atoms with Gasteiger partial charge in [0.05, 0.1) is 5.60 Å². The van der Waals surface area contributed by atoms with Gasteiger partial charge in [0.25, 0.3) is 0 Å². The van der Waals surface area contributed by atoms with Crippen molar-refractivity contribution >= 4 is 18.0 Å². The summed E-state index contributed by atoms with van der Waals surface area (Å²) in [6.07, 6.45) is 6.78. The summed E-state index contributed by atoms with van der Waals surface area (Å²) >= 11 is 0. The molecule has 0 bridgehead atoms. The number of carbonyl (C=O) groups is 2. The Morgan fingerprint density at radius 3 is 1.97 bits per heavy atom. The second-order valence-corrected chi connectivity index (χ2v) is 11.9. The van der Waals surface area contributed by atoms with E-state index in [1.807, 2.05) is 0 Å². The van der Waals surface area contributed by atoms with E-state index in [4.69, 9.17) is 9.47 Å². The van der Waals surface area contributed by atoms with Crippen LogP contribution in [0.3, 0.4) is 0 Å². The molecule has 0 fully saturated rings. The van der Waals surface area contributed by atoms with Crippen molar-refractivity contribution in [3.63, 3.8) is 0 Å². The van der Waals surface area contributed by atoms with Crippen LogP contribution >= 0.6 is 0 Å². The molecule has 1 aromatic rings. The third kappa shape index (κ3) is 15.4. The van der Waals surface area contributed by atoms with Crippen LogP contribution in [-0.2, 0) is 22.3 Å². The number of carbonyl (C=O) groups excluding carboxylic acids is 2. The minimum absolute atomic E-state index is 0.239. The van der Waals surface area contributed by atoms with Crippen LogP contribution in [0.2, 0.25) is 0 Å². The Kier molecular flexibility index (Phi) is 13.3. The van der Waals surface area contributed by atoms with Crippen LogP contribution in [0.25, 0.3) is 0 Å². The van der Waals surface area contributed by atoms with Gasteiger partial charge in [-0.25, -0.2) is 9.59 Å². The van der Waals surface area contributed by atoms with Gasteiger partial charge in [0.1, 0.15) is 17.0 Å². The van der Waals surface area contributed by atoms with Crippen LogP contribution in [-0.4, -0.2) is 39.9 Å². The second-order valence-electron chi connectivity index (χ2n) is 11.9. The monoisotopic (exact) mass is 518 g/mol. The number of benzene rings is 1. The zero-order chi connectivity index (χ0) is 28.1. The molecule has 0 aliphatic heterocycles. The zero-order valence-electron chi connectivity index (χ0n) is 24.4. The van der Waals surface area contributed by atoms with Gasteiger partial charge in [0.2, 0.25) is 0 Å². The van der Waals surface area contributed by atoms with E-state index in [0.29, 0.717) is 6.42 Å². The molecule has 2 amide bonds. The highest BCUT2D eigenvalue weighted by atomic mass is 16.6. The topological polar surface area (TPSA) is 97.2 Å². The van der Waals surface area contributed by atoms with Crippen molar-refractivity contribution in [2.75, 3.05) is 0 Å². The molecule has 1 rings (SSSR count). The van der Waals surface area contributed by atoms with Gasteiger partial charge in [-0.3, -0.25) is 5.32 Å². The fourth-order valence-electron chi connectivity index (χ4n) is 4.21. The third-order valence-corrected chi connectivity index (χ3v) is 5.70. The van der Waals surface area contributed by atoms with Crippen molar-refractivity contribution in [3.05, 3.63) is 35.4 Å². The van der Waals surface area contributed by atoms with Crippen molar-refractivity contribution in [1.29, 1.82) is 0 Å². The number of hydrogen-bond acceptors (Lipinski definition) is 5. The van der Waals surface area contributed by atoms with Gasteiger partial charge in [0, 0.05) is 6.42 Å². The lowest BCUT2D eigenvalue weighted by molar-refractivity contribution is 0.0132. The summed E-state index contributed by atoms with van der Waals surface area (Å²) in [7, 11) is 0. The predicted octanol–water partition coefficient (Wildman–Crippen LogP) is 7.52. The van der Waals surface area contributed by atoms with E-state index >= 15 is 0 Å². The molecule has 0 aliphatic carbocycles. The molecular weight excluding hydrogens is 468 g/mol. The highest BCUT2D eigenvalue weighted by Gasteiger charge is 2.24. The average Bonchev–Trinajstić information content (AvgIpc) is 2.73. The van der Waals surface area contributed by atoms with E-state index in [1.54, 1.807) is 41.5 Å². The minimum Gasteiger partial charge on any atom is -0.444 e. The maximum atomic E-state index is 12.3. The largest absolute Gasteiger partial charge is 0.444 e. The third-order valence-electron chi connectivity index (χ3n) is 5.70. The lowest BCUT2D eigenvalue weighted by Gasteiger charge is -2.27. The summed E-state index contributed by atoms with van der Waals surface area (Å²) in [5.41, 5.74) is 0.560. The molecule has 0 atom stereocenters. The number of ether oxygens (including phenoxy) is 2. The standard InChI is InChI=1S/C30H50N2O5/c1-9-19-30(35,20-10-2)21-18-24-16-13-15-23(22-24)14-11-12-17-25(31-26(33)36-28(3,4)5)32-27(34)37-29(6,7)8/h13,15-16,22,35H,9-12,14,17-21H2,1-8H3,(H,31,32,33,34). The maximum absolute atomic E-state index is 12.3. The molecule has 7 heteroatoms. The number of amidine groups is 1. The Labute approximate surface area is 224 Å². The van der Waals surface area contributed by atoms with Crippen molar-refractivity contribution in [2.45, 2.75) is 136 Å². The number of aryl methyl sites for hydroxylation is 2. The number of aliphatic imine (C=N–C) groups is 1. The Hall–Kier alpha value is -2.41. The molecule has 0 spiro atoms. The summed E-state index contributed by atoms with van der Waals surface area (Å²) in [4.78, 5) is 28.5. The van der Waals surface area contributed by atoms with E-state index in [9.17, 15) is 14.7 Å². The van der Waals surface area contributed by atoms with E-state index < -0.39 is 29.0 Å². The number of unbranched alkanes of at least 4 members (excludes halogenated alkanes) is 1. The van der Waals surface area contributed by atoms with Crippen molar-refractivity contribution in [2.24, 2.45) is 4.99 Å². The van der Waals surface area contributed by atoms with Crippen molar-refractivity contribution < 1.29 is 24.2 Å². The minimum atomic E-state index is -0.739. The summed E-state index contributed by atoms with van der Waals surface area (Å²) in [5.74, 6) is 0.239. The summed E-state index contributed by atoms with van der Waals surface area (Å²) in [6, 6.07) is 8.52. The van der Waals surface area contributed by atoms with Gasteiger partial charge >= 0.3 is 12.2 Å². The first-order valence-corrected chi connectivity index (χ1v) is 13.8. The van der Waals surface area contributed by atoms with Crippen LogP contribution < -0.4 is 5.32 Å². The van der Waals surface area contributed by atoms with Crippen LogP contribution in [0.5, 0.6) is 0 Å². The molecule has 2 N–H and O–H groups in total. The fourth-order valence-corrected chi connectivity index (χ4v) is 4.21. The number of alkyl carbamates (subject to hydrolysis) is 1. The lowest BCUT2D eigenvalue weighted by Crippen LogP contribution is -2.37. The summed E-state index contributed by atoms with van der Waals surface area (Å²) in [6.45, 7) is 14.9. The van der Waals surface area contributed by atoms with Crippen molar-refractivity contribution in [1.82, 2.24) is 5.32 Å². The van der Waals surface area contributed by atoms with Gasteiger partial charge in [-0.05, 0) is 97.6 Å². The Bertz CT molecular complexity index is 875. The molecule has 1 aromatic carbocycles. The van der Waals surface area contributed by atoms with Gasteiger partial charge < -0.3 is 14.6 Å². The Morgan fingerprint density at radius 1 is 0.865 bits per heavy atom. The van der Waals surface area contributed by atoms with Crippen LogP contribution in [0, 0.1) is 0 Å². The van der Waals surface area contributed by atoms with Gasteiger partial charge in [0.15, 0.2) is 0 Å². The molecular formula is C30H50N2O5. The number of amides is 2. The molecule has 0 saturated heterocycles. The fraction of sp³-hybridized carbons (Fsp3) is 0.700. The molecule has 0 unspecified atom stereocenters. The summed E-state index contributed by atoms with van der Waals surface area (Å²) in [5, 5.41) is 13.5. The molecule has 0 radical (unpaired) electrons. The molecule has 210 valence electrons. The SMILES string of the molecule is CCCC(O)(CCC)CCc1cccc(CCCCC(=NC(=O)OC(C)(C)C)NC(=O)OC(C)(C)C)c1. The molecule has 0 saturated carbocycles. The van der Waals surface area contributed by atoms with E-state index in [-0.39, 0.29) is 5.84 Å². The first-order valence-electron chi connectivity index (χ1n) is 13.8. The van der Waals surface area contributed by atoms with Gasteiger partial charge in [-0.15, -0.1) is 0 Å². The normalized spacial score (nSPS) is 12.8. The highest BCUT2D eigenvalue weighted by Crippen LogP contribution is 2.26. The number of aliphatic hydroxyl groups is 1. The molecule has 0 aliphatic rings. The Morgan fingerprint density at radius 2 is 1.43 bits per heavy atom. The maximum Gasteiger partial charge on any atom is 0.435 e. The molecule has 7 nitrogen and oxygen atoms in total. The van der Waals surface area contributed by atoms with Crippen molar-refractivity contribution in [3.8, 4) is 0 Å². The first kappa shape index (κ1) is 32.6. The highest BCUT2D eigenvalue weighted by molar-refractivity contribution is 6.00. The number of nitrogens with zero attached hydrogens (tertiary/aromatic N) is 1. The van der Waals surface area contributed by atoms with Crippen LogP contribution in [0.15, 0.2) is 29.3 Å². The molecule has 0 aromatic heterocycles.